The molecule has 0 bridgehead atoms. The fraction of sp³-hybridized carbons (Fsp3) is 0.176. The topological polar surface area (TPSA) is 35.0 Å². The Bertz CT molecular complexity index is 830. The average molecular weight is 299 g/mol. The maximum absolute atomic E-state index is 6.32. The molecule has 0 radical (unpaired) electrons. The van der Waals surface area contributed by atoms with Gasteiger partial charge in [0, 0.05) is 5.39 Å². The Morgan fingerprint density at radius 3 is 2.62 bits per heavy atom. The van der Waals surface area contributed by atoms with Crippen LogP contribution in [0.25, 0.3) is 22.3 Å². The van der Waals surface area contributed by atoms with Crippen molar-refractivity contribution in [3.05, 3.63) is 52.7 Å². The number of hydrogen-bond acceptors (Lipinski definition) is 3. The quantitative estimate of drug-likeness (QED) is 0.650. The van der Waals surface area contributed by atoms with E-state index in [0.29, 0.717) is 11.0 Å². The van der Waals surface area contributed by atoms with Crippen molar-refractivity contribution in [3.8, 4) is 17.1 Å². The van der Waals surface area contributed by atoms with Crippen LogP contribution in [-0.4, -0.2) is 17.1 Å². The highest BCUT2D eigenvalue weighted by atomic mass is 35.5. The average Bonchev–Trinajstić information content (AvgIpc) is 2.46. The van der Waals surface area contributed by atoms with Gasteiger partial charge in [-0.2, -0.15) is 0 Å². The van der Waals surface area contributed by atoms with Gasteiger partial charge in [-0.1, -0.05) is 29.8 Å². The molecule has 0 unspecified atom stereocenters. The summed E-state index contributed by atoms with van der Waals surface area (Å²) in [5, 5.41) is 1.32. The molecular formula is C17H15ClN2O. The Morgan fingerprint density at radius 1 is 1.05 bits per heavy atom. The van der Waals surface area contributed by atoms with Gasteiger partial charge in [0.1, 0.15) is 10.9 Å². The summed E-state index contributed by atoms with van der Waals surface area (Å²) >= 11 is 6.32. The number of benzene rings is 2. The molecule has 1 aromatic heterocycles. The lowest BCUT2D eigenvalue weighted by atomic mass is 10.1. The predicted octanol–water partition coefficient (Wildman–Crippen LogP) is 4.58. The van der Waals surface area contributed by atoms with E-state index in [1.807, 2.05) is 50.2 Å². The molecule has 0 aliphatic heterocycles. The lowest BCUT2D eigenvalue weighted by Gasteiger charge is -2.11. The molecule has 0 aliphatic carbocycles. The first-order valence-electron chi connectivity index (χ1n) is 6.68. The number of nitrogens with zero attached hydrogens (tertiary/aromatic N) is 2. The van der Waals surface area contributed by atoms with Gasteiger partial charge in [-0.15, -0.1) is 0 Å². The van der Waals surface area contributed by atoms with Crippen molar-refractivity contribution in [2.45, 2.75) is 13.8 Å². The van der Waals surface area contributed by atoms with Gasteiger partial charge in [-0.05, 0) is 43.2 Å². The molecule has 0 atom stereocenters. The van der Waals surface area contributed by atoms with E-state index in [0.717, 1.165) is 33.3 Å². The number of hydrogen-bond donors (Lipinski definition) is 0. The Balaban J connectivity index is 2.31. The van der Waals surface area contributed by atoms with Gasteiger partial charge >= 0.3 is 0 Å². The van der Waals surface area contributed by atoms with Gasteiger partial charge in [-0.3, -0.25) is 0 Å². The maximum atomic E-state index is 6.32. The molecule has 2 aromatic carbocycles. The fourth-order valence-corrected chi connectivity index (χ4v) is 2.65. The molecule has 3 aromatic rings. The van der Waals surface area contributed by atoms with Crippen LogP contribution < -0.4 is 4.74 Å². The van der Waals surface area contributed by atoms with Crippen molar-refractivity contribution >= 4 is 22.5 Å². The van der Waals surface area contributed by atoms with E-state index in [1.54, 1.807) is 7.11 Å². The maximum Gasteiger partial charge on any atom is 0.165 e. The Kier molecular flexibility index (Phi) is 3.52. The summed E-state index contributed by atoms with van der Waals surface area (Å²) in [5.74, 6) is 1.34. The van der Waals surface area contributed by atoms with Crippen molar-refractivity contribution in [2.75, 3.05) is 7.11 Å². The largest absolute Gasteiger partial charge is 0.496 e. The molecular weight excluding hydrogens is 284 g/mol. The summed E-state index contributed by atoms with van der Waals surface area (Å²) in [6, 6.07) is 11.8. The Hall–Kier alpha value is -2.13. The predicted molar refractivity (Wildman–Crippen MR) is 86.0 cm³/mol. The van der Waals surface area contributed by atoms with Crippen molar-refractivity contribution in [3.63, 3.8) is 0 Å². The van der Waals surface area contributed by atoms with Crippen LogP contribution in [-0.2, 0) is 0 Å². The first kappa shape index (κ1) is 13.8. The highest BCUT2D eigenvalue weighted by Gasteiger charge is 2.14. The molecule has 21 heavy (non-hydrogen) atoms. The SMILES string of the molecule is COc1cccc(C)c1-c1nc(Cl)c2ccc(C)cc2n1. The zero-order chi connectivity index (χ0) is 15.0. The first-order chi connectivity index (χ1) is 10.1. The zero-order valence-electron chi connectivity index (χ0n) is 12.1. The normalized spacial score (nSPS) is 10.9. The summed E-state index contributed by atoms with van der Waals surface area (Å²) < 4.78 is 5.43. The smallest absolute Gasteiger partial charge is 0.165 e. The minimum absolute atomic E-state index is 0.459. The Morgan fingerprint density at radius 2 is 1.86 bits per heavy atom. The van der Waals surface area contributed by atoms with Crippen LogP contribution >= 0.6 is 11.6 Å². The molecule has 0 spiro atoms. The molecule has 0 amide bonds. The van der Waals surface area contributed by atoms with Gasteiger partial charge in [0.25, 0.3) is 0 Å². The second kappa shape index (κ2) is 5.34. The molecule has 106 valence electrons. The van der Waals surface area contributed by atoms with Crippen LogP contribution in [0.1, 0.15) is 11.1 Å². The van der Waals surface area contributed by atoms with Crippen LogP contribution in [0, 0.1) is 13.8 Å². The molecule has 4 heteroatoms. The van der Waals surface area contributed by atoms with Crippen molar-refractivity contribution in [1.82, 2.24) is 9.97 Å². The summed E-state index contributed by atoms with van der Waals surface area (Å²) in [7, 11) is 1.64. The van der Waals surface area contributed by atoms with Crippen molar-refractivity contribution in [1.29, 1.82) is 0 Å². The molecule has 0 fully saturated rings. The molecule has 0 saturated carbocycles. The number of aryl methyl sites for hydroxylation is 2. The Labute approximate surface area is 128 Å². The number of methoxy groups -OCH3 is 1. The highest BCUT2D eigenvalue weighted by Crippen LogP contribution is 2.33. The van der Waals surface area contributed by atoms with Gasteiger partial charge in [0.05, 0.1) is 18.2 Å². The summed E-state index contributed by atoms with van der Waals surface area (Å²) in [6.45, 7) is 4.04. The lowest BCUT2D eigenvalue weighted by Crippen LogP contribution is -1.97. The molecule has 1 heterocycles. The van der Waals surface area contributed by atoms with E-state index in [9.17, 15) is 0 Å². The summed E-state index contributed by atoms with van der Waals surface area (Å²) in [5.41, 5.74) is 3.91. The number of halogens is 1. The molecule has 0 aliphatic rings. The van der Waals surface area contributed by atoms with Crippen LogP contribution in [0.15, 0.2) is 36.4 Å². The molecule has 3 nitrogen and oxygen atoms in total. The van der Waals surface area contributed by atoms with Crippen molar-refractivity contribution in [2.24, 2.45) is 0 Å². The van der Waals surface area contributed by atoms with Gasteiger partial charge < -0.3 is 4.74 Å². The second-order valence-corrected chi connectivity index (χ2v) is 5.37. The lowest BCUT2D eigenvalue weighted by molar-refractivity contribution is 0.416. The molecule has 0 N–H and O–H groups in total. The van der Waals surface area contributed by atoms with Crippen LogP contribution in [0.3, 0.4) is 0 Å². The third-order valence-electron chi connectivity index (χ3n) is 3.48. The second-order valence-electron chi connectivity index (χ2n) is 5.01. The number of aromatic nitrogens is 2. The third-order valence-corrected chi connectivity index (χ3v) is 3.77. The molecule has 0 saturated heterocycles. The fourth-order valence-electron chi connectivity index (χ4n) is 2.41. The summed E-state index contributed by atoms with van der Waals surface area (Å²) in [6.07, 6.45) is 0. The third kappa shape index (κ3) is 2.45. The van der Waals surface area contributed by atoms with E-state index in [2.05, 4.69) is 9.97 Å². The number of fused-ring (bicyclic) bond motifs is 1. The molecule has 3 rings (SSSR count). The first-order valence-corrected chi connectivity index (χ1v) is 7.06. The minimum Gasteiger partial charge on any atom is -0.496 e. The van der Waals surface area contributed by atoms with Gasteiger partial charge in [-0.25, -0.2) is 9.97 Å². The standard InChI is InChI=1S/C17H15ClN2O/c1-10-7-8-12-13(9-10)19-17(20-16(12)18)15-11(2)5-4-6-14(15)21-3/h4-9H,1-3H3. The van der Waals surface area contributed by atoms with E-state index < -0.39 is 0 Å². The van der Waals surface area contributed by atoms with E-state index >= 15 is 0 Å². The van der Waals surface area contributed by atoms with Crippen molar-refractivity contribution < 1.29 is 4.74 Å². The van der Waals surface area contributed by atoms with E-state index in [-0.39, 0.29) is 0 Å². The van der Waals surface area contributed by atoms with E-state index in [4.69, 9.17) is 16.3 Å². The van der Waals surface area contributed by atoms with Crippen LogP contribution in [0.2, 0.25) is 5.15 Å². The van der Waals surface area contributed by atoms with Gasteiger partial charge in [0.15, 0.2) is 5.82 Å². The highest BCUT2D eigenvalue weighted by molar-refractivity contribution is 6.34. The monoisotopic (exact) mass is 298 g/mol. The van der Waals surface area contributed by atoms with Crippen LogP contribution in [0.4, 0.5) is 0 Å². The zero-order valence-corrected chi connectivity index (χ0v) is 12.9. The minimum atomic E-state index is 0.459. The summed E-state index contributed by atoms with van der Waals surface area (Å²) in [4.78, 5) is 9.11. The van der Waals surface area contributed by atoms with Gasteiger partial charge in [0.2, 0.25) is 0 Å². The van der Waals surface area contributed by atoms with Crippen LogP contribution in [0.5, 0.6) is 5.75 Å². The van der Waals surface area contributed by atoms with E-state index in [1.165, 1.54) is 0 Å². The number of rotatable bonds is 2. The number of ether oxygens (including phenoxy) is 1.